The van der Waals surface area contributed by atoms with E-state index in [1.807, 2.05) is 19.9 Å². The van der Waals surface area contributed by atoms with Gasteiger partial charge in [0.15, 0.2) is 5.78 Å². The van der Waals surface area contributed by atoms with Gasteiger partial charge in [-0.05, 0) is 75.7 Å². The summed E-state index contributed by atoms with van der Waals surface area (Å²) >= 11 is 0. The van der Waals surface area contributed by atoms with Crippen LogP contribution < -0.4 is 0 Å². The smallest absolute Gasteiger partial charge is 0.309 e. The molecule has 0 aliphatic heterocycles. The summed E-state index contributed by atoms with van der Waals surface area (Å²) in [7, 11) is 0. The molecule has 4 aliphatic rings. The lowest BCUT2D eigenvalue weighted by Crippen LogP contribution is -2.53. The predicted molar refractivity (Wildman–Crippen MR) is 102 cm³/mol. The number of hydrogen-bond acceptors (Lipinski definition) is 4. The van der Waals surface area contributed by atoms with Crippen molar-refractivity contribution < 1.29 is 19.1 Å². The first-order valence-electron chi connectivity index (χ1n) is 10.7. The molecule has 0 unspecified atom stereocenters. The lowest BCUT2D eigenvalue weighted by atomic mass is 9.47. The van der Waals surface area contributed by atoms with Gasteiger partial charge in [0.25, 0.3) is 0 Å². The van der Waals surface area contributed by atoms with Gasteiger partial charge in [0.1, 0.15) is 5.78 Å². The zero-order valence-electron chi connectivity index (χ0n) is 17.0. The highest BCUT2D eigenvalue weighted by Gasteiger charge is 2.61. The molecule has 0 amide bonds. The molecule has 0 bridgehead atoms. The largest absolute Gasteiger partial charge is 0.463 e. The summed E-state index contributed by atoms with van der Waals surface area (Å²) in [5.74, 6) is 0.821. The van der Waals surface area contributed by atoms with E-state index in [-0.39, 0.29) is 46.4 Å². The number of carbonyl (C=O) groups excluding carboxylic acids is 3. The van der Waals surface area contributed by atoms with Crippen molar-refractivity contribution in [3.63, 3.8) is 0 Å². The summed E-state index contributed by atoms with van der Waals surface area (Å²) in [6, 6.07) is 0. The molecule has 0 aromatic heterocycles. The maximum Gasteiger partial charge on any atom is 0.309 e. The van der Waals surface area contributed by atoms with Crippen LogP contribution in [0.2, 0.25) is 0 Å². The van der Waals surface area contributed by atoms with Crippen LogP contribution in [0.25, 0.3) is 0 Å². The number of Topliss-reactive ketones (excluding diaryl/α,β-unsaturated/α-hetero) is 1. The highest BCUT2D eigenvalue weighted by atomic mass is 16.5. The molecule has 148 valence electrons. The summed E-state index contributed by atoms with van der Waals surface area (Å²) in [5.41, 5.74) is 0.843. The van der Waals surface area contributed by atoms with Crippen molar-refractivity contribution in [1.82, 2.24) is 0 Å². The molecular weight excluding hydrogens is 340 g/mol. The van der Waals surface area contributed by atoms with E-state index in [0.717, 1.165) is 37.7 Å². The van der Waals surface area contributed by atoms with Crippen molar-refractivity contribution in [2.75, 3.05) is 0 Å². The number of ether oxygens (including phenoxy) is 1. The second-order valence-corrected chi connectivity index (χ2v) is 10.1. The molecule has 4 nitrogen and oxygen atoms in total. The van der Waals surface area contributed by atoms with Crippen LogP contribution in [0.15, 0.2) is 11.6 Å². The number of ketones is 2. The molecule has 4 rings (SSSR count). The van der Waals surface area contributed by atoms with Crippen molar-refractivity contribution in [3.05, 3.63) is 11.6 Å². The van der Waals surface area contributed by atoms with Gasteiger partial charge in [-0.25, -0.2) is 0 Å². The van der Waals surface area contributed by atoms with Crippen molar-refractivity contribution in [3.8, 4) is 0 Å². The average Bonchev–Trinajstić information content (AvgIpc) is 2.90. The van der Waals surface area contributed by atoms with Crippen molar-refractivity contribution >= 4 is 17.5 Å². The molecule has 0 aromatic carbocycles. The minimum atomic E-state index is -0.295. The van der Waals surface area contributed by atoms with E-state index in [0.29, 0.717) is 24.5 Å². The van der Waals surface area contributed by atoms with Gasteiger partial charge in [-0.15, -0.1) is 0 Å². The summed E-state index contributed by atoms with van der Waals surface area (Å²) in [5, 5.41) is 0. The summed E-state index contributed by atoms with van der Waals surface area (Å²) in [6.45, 7) is 8.14. The van der Waals surface area contributed by atoms with E-state index < -0.39 is 0 Å². The molecule has 0 spiro atoms. The molecule has 3 fully saturated rings. The Morgan fingerprint density at radius 1 is 1.07 bits per heavy atom. The summed E-state index contributed by atoms with van der Waals surface area (Å²) in [6.07, 6.45) is 7.52. The van der Waals surface area contributed by atoms with Crippen molar-refractivity contribution in [2.24, 2.45) is 34.5 Å². The number of allylic oxidation sites excluding steroid dienone is 2. The highest BCUT2D eigenvalue weighted by Crippen LogP contribution is 2.63. The van der Waals surface area contributed by atoms with Crippen LogP contribution in [0.3, 0.4) is 0 Å². The molecule has 4 aliphatic carbocycles. The first kappa shape index (κ1) is 18.9. The molecule has 0 heterocycles. The normalized spacial score (nSPS) is 43.7. The standard InChI is InChI=1S/C23H32O4/c1-13(2)27-21(26)14-7-9-22(3)15(11-14)12-18(24)20-16-5-6-19(25)23(16,4)10-8-17(20)22/h12-14,16-17,20H,5-11H2,1-4H3/t14-,16-,17-,20-,22-,23-/m0/s1. The van der Waals surface area contributed by atoms with Crippen LogP contribution in [0, 0.1) is 34.5 Å². The Hall–Kier alpha value is -1.45. The van der Waals surface area contributed by atoms with Crippen molar-refractivity contribution in [2.45, 2.75) is 78.7 Å². The Morgan fingerprint density at radius 3 is 2.44 bits per heavy atom. The lowest BCUT2D eigenvalue weighted by Gasteiger charge is -2.56. The summed E-state index contributed by atoms with van der Waals surface area (Å²) in [4.78, 5) is 38.1. The van der Waals surface area contributed by atoms with Gasteiger partial charge in [0, 0.05) is 17.8 Å². The fourth-order valence-electron chi connectivity index (χ4n) is 6.71. The number of rotatable bonds is 2. The Bertz CT molecular complexity index is 720. The first-order valence-corrected chi connectivity index (χ1v) is 10.7. The third kappa shape index (κ3) is 2.74. The van der Waals surface area contributed by atoms with E-state index in [9.17, 15) is 14.4 Å². The van der Waals surface area contributed by atoms with Gasteiger partial charge in [-0.1, -0.05) is 19.4 Å². The van der Waals surface area contributed by atoms with E-state index >= 15 is 0 Å². The third-order valence-corrected chi connectivity index (χ3v) is 8.34. The molecule has 27 heavy (non-hydrogen) atoms. The Morgan fingerprint density at radius 2 is 1.74 bits per heavy atom. The van der Waals surface area contributed by atoms with E-state index in [2.05, 4.69) is 13.8 Å². The molecule has 0 N–H and O–H groups in total. The monoisotopic (exact) mass is 372 g/mol. The Labute approximate surface area is 162 Å². The van der Waals surface area contributed by atoms with E-state index in [1.54, 1.807) is 0 Å². The first-order chi connectivity index (χ1) is 12.7. The fourth-order valence-corrected chi connectivity index (χ4v) is 6.71. The number of fused-ring (bicyclic) bond motifs is 5. The minimum Gasteiger partial charge on any atom is -0.463 e. The van der Waals surface area contributed by atoms with Crippen LogP contribution in [0.1, 0.15) is 72.6 Å². The van der Waals surface area contributed by atoms with Gasteiger partial charge >= 0.3 is 5.97 Å². The molecule has 0 radical (unpaired) electrons. The molecule has 0 aromatic rings. The molecular formula is C23H32O4. The summed E-state index contributed by atoms with van der Waals surface area (Å²) < 4.78 is 5.43. The molecule has 0 saturated heterocycles. The van der Waals surface area contributed by atoms with Gasteiger partial charge in [0.2, 0.25) is 0 Å². The van der Waals surface area contributed by atoms with E-state index in [1.165, 1.54) is 0 Å². The second-order valence-electron chi connectivity index (χ2n) is 10.1. The van der Waals surface area contributed by atoms with E-state index in [4.69, 9.17) is 4.74 Å². The van der Waals surface area contributed by atoms with Crippen LogP contribution in [-0.2, 0) is 19.1 Å². The van der Waals surface area contributed by atoms with Gasteiger partial charge in [-0.2, -0.15) is 0 Å². The second kappa shape index (κ2) is 6.28. The fraction of sp³-hybridized carbons (Fsp3) is 0.783. The topological polar surface area (TPSA) is 60.4 Å². The third-order valence-electron chi connectivity index (χ3n) is 8.34. The van der Waals surface area contributed by atoms with Crippen molar-refractivity contribution in [1.29, 1.82) is 0 Å². The zero-order valence-corrected chi connectivity index (χ0v) is 17.0. The number of hydrogen-bond donors (Lipinski definition) is 0. The van der Waals surface area contributed by atoms with Crippen LogP contribution in [0.4, 0.5) is 0 Å². The zero-order chi connectivity index (χ0) is 19.6. The lowest BCUT2D eigenvalue weighted by molar-refractivity contribution is -0.155. The van der Waals surface area contributed by atoms with Gasteiger partial charge < -0.3 is 4.74 Å². The van der Waals surface area contributed by atoms with Gasteiger partial charge in [-0.3, -0.25) is 14.4 Å². The Balaban J connectivity index is 1.62. The molecule has 4 heteroatoms. The highest BCUT2D eigenvalue weighted by molar-refractivity contribution is 5.97. The number of carbonyl (C=O) groups is 3. The Kier molecular flexibility index (Phi) is 4.40. The number of esters is 1. The maximum absolute atomic E-state index is 13.2. The SMILES string of the molecule is CC(C)OC(=O)[C@H]1CC[C@@]2(C)C(=CC(=O)[C@@H]3[C@@H]2CC[C@]2(C)C(=O)CC[C@@H]32)C1. The maximum atomic E-state index is 13.2. The predicted octanol–water partition coefficient (Wildman–Crippen LogP) is 4.27. The molecule has 3 saturated carbocycles. The van der Waals surface area contributed by atoms with Gasteiger partial charge in [0.05, 0.1) is 12.0 Å². The molecule has 6 atom stereocenters. The average molecular weight is 373 g/mol. The van der Waals surface area contributed by atoms with Crippen LogP contribution >= 0.6 is 0 Å². The quantitative estimate of drug-likeness (QED) is 0.679. The van der Waals surface area contributed by atoms with Crippen LogP contribution in [0.5, 0.6) is 0 Å². The minimum absolute atomic E-state index is 0.0110. The van der Waals surface area contributed by atoms with Crippen LogP contribution in [-0.4, -0.2) is 23.6 Å².